The van der Waals surface area contributed by atoms with Crippen molar-refractivity contribution in [1.82, 2.24) is 5.32 Å². The van der Waals surface area contributed by atoms with E-state index in [1.165, 1.54) is 24.2 Å². The van der Waals surface area contributed by atoms with Crippen molar-refractivity contribution in [3.05, 3.63) is 22.4 Å². The fourth-order valence-electron chi connectivity index (χ4n) is 1.56. The molecule has 1 heterocycles. The van der Waals surface area contributed by atoms with Gasteiger partial charge in [0.1, 0.15) is 6.10 Å². The van der Waals surface area contributed by atoms with Gasteiger partial charge in [-0.1, -0.05) is 0 Å². The number of thiophene rings is 1. The standard InChI is InChI=1S/C13H19NO3S/c1-9(17-7-10-2-3-10)13(16)14-6-12(15)11-4-5-18-8-11/h4-5,8-10,12,15H,2-3,6-7H2,1H3,(H,14,16). The summed E-state index contributed by atoms with van der Waals surface area (Å²) in [5.74, 6) is 0.488. The molecule has 1 aliphatic carbocycles. The largest absolute Gasteiger partial charge is 0.387 e. The second-order valence-electron chi connectivity index (χ2n) is 4.74. The molecule has 2 unspecified atom stereocenters. The van der Waals surface area contributed by atoms with E-state index < -0.39 is 12.2 Å². The molecule has 4 nitrogen and oxygen atoms in total. The number of rotatable bonds is 7. The highest BCUT2D eigenvalue weighted by Crippen LogP contribution is 2.29. The highest BCUT2D eigenvalue weighted by atomic mass is 32.1. The number of carbonyl (C=O) groups excluding carboxylic acids is 1. The maximum absolute atomic E-state index is 11.7. The molecule has 2 N–H and O–H groups in total. The van der Waals surface area contributed by atoms with Crippen LogP contribution in [0.5, 0.6) is 0 Å². The molecule has 1 aliphatic rings. The summed E-state index contributed by atoms with van der Waals surface area (Å²) in [6, 6.07) is 1.86. The lowest BCUT2D eigenvalue weighted by Gasteiger charge is -2.15. The van der Waals surface area contributed by atoms with E-state index >= 15 is 0 Å². The van der Waals surface area contributed by atoms with Gasteiger partial charge in [0.2, 0.25) is 5.91 Å². The van der Waals surface area contributed by atoms with E-state index in [1.54, 1.807) is 6.92 Å². The van der Waals surface area contributed by atoms with Gasteiger partial charge >= 0.3 is 0 Å². The molecule has 1 amide bonds. The first-order chi connectivity index (χ1) is 8.66. The van der Waals surface area contributed by atoms with E-state index in [2.05, 4.69) is 5.32 Å². The Kier molecular flexibility index (Phi) is 4.74. The van der Waals surface area contributed by atoms with Crippen LogP contribution in [0.4, 0.5) is 0 Å². The quantitative estimate of drug-likeness (QED) is 0.792. The van der Waals surface area contributed by atoms with Gasteiger partial charge < -0.3 is 15.2 Å². The highest BCUT2D eigenvalue weighted by molar-refractivity contribution is 7.07. The molecular formula is C13H19NO3S. The van der Waals surface area contributed by atoms with Crippen molar-refractivity contribution in [3.63, 3.8) is 0 Å². The summed E-state index contributed by atoms with van der Waals surface area (Å²) in [7, 11) is 0. The van der Waals surface area contributed by atoms with E-state index in [0.717, 1.165) is 5.56 Å². The first-order valence-electron chi connectivity index (χ1n) is 6.26. The topological polar surface area (TPSA) is 58.6 Å². The second kappa shape index (κ2) is 6.31. The first kappa shape index (κ1) is 13.5. The average Bonchev–Trinajstić information content (AvgIpc) is 3.04. The van der Waals surface area contributed by atoms with Crippen LogP contribution in [0.2, 0.25) is 0 Å². The summed E-state index contributed by atoms with van der Waals surface area (Å²) < 4.78 is 5.46. The molecule has 1 aromatic rings. The summed E-state index contributed by atoms with van der Waals surface area (Å²) in [6.45, 7) is 2.64. The van der Waals surface area contributed by atoms with Crippen molar-refractivity contribution in [3.8, 4) is 0 Å². The number of ether oxygens (including phenoxy) is 1. The van der Waals surface area contributed by atoms with Crippen molar-refractivity contribution in [1.29, 1.82) is 0 Å². The number of carbonyl (C=O) groups is 1. The fourth-order valence-corrected chi connectivity index (χ4v) is 2.27. The second-order valence-corrected chi connectivity index (χ2v) is 5.52. The molecule has 1 aromatic heterocycles. The minimum absolute atomic E-state index is 0.162. The Morgan fingerprint density at radius 2 is 2.44 bits per heavy atom. The van der Waals surface area contributed by atoms with Crippen LogP contribution in [0.3, 0.4) is 0 Å². The van der Waals surface area contributed by atoms with E-state index in [9.17, 15) is 9.90 Å². The number of hydrogen-bond acceptors (Lipinski definition) is 4. The Morgan fingerprint density at radius 3 is 3.06 bits per heavy atom. The Bertz CT molecular complexity index is 376. The lowest BCUT2D eigenvalue weighted by Crippen LogP contribution is -2.37. The van der Waals surface area contributed by atoms with Gasteiger partial charge in [-0.15, -0.1) is 0 Å². The Hall–Kier alpha value is -0.910. The van der Waals surface area contributed by atoms with Crippen LogP contribution >= 0.6 is 11.3 Å². The third-order valence-corrected chi connectivity index (χ3v) is 3.75. The predicted molar refractivity (Wildman–Crippen MR) is 70.4 cm³/mol. The monoisotopic (exact) mass is 269 g/mol. The van der Waals surface area contributed by atoms with Gasteiger partial charge in [0.05, 0.1) is 12.7 Å². The molecule has 18 heavy (non-hydrogen) atoms. The Morgan fingerprint density at radius 1 is 1.67 bits per heavy atom. The lowest BCUT2D eigenvalue weighted by molar-refractivity contribution is -0.132. The summed E-state index contributed by atoms with van der Waals surface area (Å²) >= 11 is 1.53. The van der Waals surface area contributed by atoms with Crippen LogP contribution in [0.1, 0.15) is 31.4 Å². The zero-order chi connectivity index (χ0) is 13.0. The molecule has 1 fully saturated rings. The normalized spacial score (nSPS) is 18.3. The van der Waals surface area contributed by atoms with Gasteiger partial charge in [-0.2, -0.15) is 11.3 Å². The molecule has 2 atom stereocenters. The van der Waals surface area contributed by atoms with Crippen LogP contribution in [0, 0.1) is 5.92 Å². The molecule has 0 aromatic carbocycles. The minimum Gasteiger partial charge on any atom is -0.387 e. The van der Waals surface area contributed by atoms with Gasteiger partial charge in [0, 0.05) is 6.54 Å². The molecule has 5 heteroatoms. The van der Waals surface area contributed by atoms with Crippen LogP contribution in [0.25, 0.3) is 0 Å². The molecule has 2 rings (SSSR count). The van der Waals surface area contributed by atoms with Gasteiger partial charge in [0.15, 0.2) is 0 Å². The van der Waals surface area contributed by atoms with Crippen molar-refractivity contribution >= 4 is 17.2 Å². The molecular weight excluding hydrogens is 250 g/mol. The number of amides is 1. The van der Waals surface area contributed by atoms with Crippen LogP contribution < -0.4 is 5.32 Å². The third kappa shape index (κ3) is 4.08. The maximum atomic E-state index is 11.7. The number of aliphatic hydroxyl groups excluding tert-OH is 1. The molecule has 1 saturated carbocycles. The lowest BCUT2D eigenvalue weighted by atomic mass is 10.2. The summed E-state index contributed by atoms with van der Waals surface area (Å²) in [5.41, 5.74) is 0.840. The Labute approximate surface area is 111 Å². The summed E-state index contributed by atoms with van der Waals surface area (Å²) in [5, 5.41) is 16.3. The van der Waals surface area contributed by atoms with Gasteiger partial charge in [0.25, 0.3) is 0 Å². The predicted octanol–water partition coefficient (Wildman–Crippen LogP) is 1.71. The molecule has 0 saturated heterocycles. The SMILES string of the molecule is CC(OCC1CC1)C(=O)NCC(O)c1ccsc1. The third-order valence-electron chi connectivity index (χ3n) is 3.05. The molecule has 0 aliphatic heterocycles. The number of nitrogens with one attached hydrogen (secondary N) is 1. The molecule has 0 spiro atoms. The first-order valence-corrected chi connectivity index (χ1v) is 7.20. The highest BCUT2D eigenvalue weighted by Gasteiger charge is 2.24. The smallest absolute Gasteiger partial charge is 0.248 e. The number of hydrogen-bond donors (Lipinski definition) is 2. The van der Waals surface area contributed by atoms with E-state index in [1.807, 2.05) is 16.8 Å². The number of aliphatic hydroxyl groups is 1. The van der Waals surface area contributed by atoms with E-state index in [-0.39, 0.29) is 12.5 Å². The van der Waals surface area contributed by atoms with Gasteiger partial charge in [-0.3, -0.25) is 4.79 Å². The van der Waals surface area contributed by atoms with Crippen LogP contribution in [-0.2, 0) is 9.53 Å². The summed E-state index contributed by atoms with van der Waals surface area (Å²) in [4.78, 5) is 11.7. The molecule has 0 bridgehead atoms. The molecule has 0 radical (unpaired) electrons. The van der Waals surface area contributed by atoms with Crippen LogP contribution in [-0.4, -0.2) is 30.3 Å². The Balaban J connectivity index is 1.66. The van der Waals surface area contributed by atoms with Crippen molar-refractivity contribution < 1.29 is 14.6 Å². The van der Waals surface area contributed by atoms with E-state index in [4.69, 9.17) is 4.74 Å². The minimum atomic E-state index is -0.643. The fraction of sp³-hybridized carbons (Fsp3) is 0.615. The van der Waals surface area contributed by atoms with Crippen LogP contribution in [0.15, 0.2) is 16.8 Å². The average molecular weight is 269 g/mol. The molecule has 100 valence electrons. The maximum Gasteiger partial charge on any atom is 0.248 e. The van der Waals surface area contributed by atoms with Crippen molar-refractivity contribution in [2.45, 2.75) is 32.0 Å². The van der Waals surface area contributed by atoms with Crippen molar-refractivity contribution in [2.75, 3.05) is 13.2 Å². The van der Waals surface area contributed by atoms with Gasteiger partial charge in [-0.05, 0) is 48.1 Å². The van der Waals surface area contributed by atoms with Gasteiger partial charge in [-0.25, -0.2) is 0 Å². The summed E-state index contributed by atoms with van der Waals surface area (Å²) in [6.07, 6.45) is 1.34. The van der Waals surface area contributed by atoms with Crippen molar-refractivity contribution in [2.24, 2.45) is 5.92 Å². The zero-order valence-corrected chi connectivity index (χ0v) is 11.3. The van der Waals surface area contributed by atoms with E-state index in [0.29, 0.717) is 12.5 Å². The zero-order valence-electron chi connectivity index (χ0n) is 10.5.